The minimum atomic E-state index is 0.0620. The maximum absolute atomic E-state index is 6.06. The number of aryl methyl sites for hydroxylation is 2. The summed E-state index contributed by atoms with van der Waals surface area (Å²) in [6, 6.07) is 12.1. The van der Waals surface area contributed by atoms with Crippen LogP contribution in [-0.4, -0.2) is 0 Å². The zero-order valence-electron chi connectivity index (χ0n) is 12.1. The Kier molecular flexibility index (Phi) is 4.84. The van der Waals surface area contributed by atoms with E-state index in [1.54, 1.807) is 0 Å². The molecule has 0 aromatic heterocycles. The molecule has 106 valence electrons. The van der Waals surface area contributed by atoms with Gasteiger partial charge in [0.05, 0.1) is 0 Å². The Morgan fingerprint density at radius 2 is 1.75 bits per heavy atom. The van der Waals surface area contributed by atoms with Gasteiger partial charge >= 0.3 is 0 Å². The lowest BCUT2D eigenvalue weighted by atomic mass is 10.1. The lowest BCUT2D eigenvalue weighted by Gasteiger charge is -2.13. The van der Waals surface area contributed by atoms with Gasteiger partial charge in [-0.2, -0.15) is 0 Å². The number of nitrogens with two attached hydrogens (primary N) is 1. The Labute approximate surface area is 129 Å². The van der Waals surface area contributed by atoms with Crippen molar-refractivity contribution in [2.24, 2.45) is 5.73 Å². The van der Waals surface area contributed by atoms with Crippen molar-refractivity contribution in [2.45, 2.75) is 33.2 Å². The Balaban J connectivity index is 2.26. The molecule has 2 aromatic rings. The van der Waals surface area contributed by atoms with E-state index in [2.05, 4.69) is 36.7 Å². The number of rotatable bonds is 4. The molecule has 0 amide bonds. The van der Waals surface area contributed by atoms with Crippen molar-refractivity contribution >= 4 is 15.9 Å². The second kappa shape index (κ2) is 6.42. The second-order valence-electron chi connectivity index (χ2n) is 5.06. The van der Waals surface area contributed by atoms with Gasteiger partial charge in [0.2, 0.25) is 0 Å². The molecule has 0 spiro atoms. The van der Waals surface area contributed by atoms with Gasteiger partial charge in [-0.3, -0.25) is 0 Å². The van der Waals surface area contributed by atoms with Crippen molar-refractivity contribution in [3.05, 3.63) is 57.6 Å². The van der Waals surface area contributed by atoms with E-state index in [1.807, 2.05) is 36.4 Å². The Morgan fingerprint density at radius 3 is 2.35 bits per heavy atom. The molecule has 0 bridgehead atoms. The van der Waals surface area contributed by atoms with E-state index < -0.39 is 0 Å². The summed E-state index contributed by atoms with van der Waals surface area (Å²) in [6.45, 7) is 6.21. The third kappa shape index (κ3) is 3.41. The standard InChI is InChI=1S/C17H20BrNO/c1-4-16(19)13-6-5-7-14(10-13)20-15-8-11(2)17(18)12(3)9-15/h5-10,16H,4,19H2,1-3H3. The third-order valence-corrected chi connectivity index (χ3v) is 4.62. The van der Waals surface area contributed by atoms with Crippen molar-refractivity contribution in [2.75, 3.05) is 0 Å². The number of ether oxygens (including phenoxy) is 1. The maximum Gasteiger partial charge on any atom is 0.128 e. The number of halogens is 1. The molecule has 0 saturated heterocycles. The number of hydrogen-bond donors (Lipinski definition) is 1. The van der Waals surface area contributed by atoms with Gasteiger partial charge in [0, 0.05) is 10.5 Å². The summed E-state index contributed by atoms with van der Waals surface area (Å²) in [4.78, 5) is 0. The van der Waals surface area contributed by atoms with Crippen molar-refractivity contribution in [3.8, 4) is 11.5 Å². The van der Waals surface area contributed by atoms with Gasteiger partial charge in [-0.25, -0.2) is 0 Å². The van der Waals surface area contributed by atoms with Gasteiger partial charge in [-0.1, -0.05) is 35.0 Å². The van der Waals surface area contributed by atoms with Crippen molar-refractivity contribution in [1.29, 1.82) is 0 Å². The van der Waals surface area contributed by atoms with E-state index >= 15 is 0 Å². The summed E-state index contributed by atoms with van der Waals surface area (Å²) in [5.41, 5.74) is 9.51. The quantitative estimate of drug-likeness (QED) is 0.827. The predicted octanol–water partition coefficient (Wildman–Crippen LogP) is 5.27. The summed E-state index contributed by atoms with van der Waals surface area (Å²) in [5.74, 6) is 1.68. The van der Waals surface area contributed by atoms with E-state index in [0.29, 0.717) is 0 Å². The van der Waals surface area contributed by atoms with Crippen LogP contribution in [0.25, 0.3) is 0 Å². The van der Waals surface area contributed by atoms with Gasteiger partial charge in [0.15, 0.2) is 0 Å². The van der Waals surface area contributed by atoms with Crippen molar-refractivity contribution in [1.82, 2.24) is 0 Å². The topological polar surface area (TPSA) is 35.2 Å². The average Bonchev–Trinajstić information content (AvgIpc) is 2.44. The van der Waals surface area contributed by atoms with Gasteiger partial charge in [0.1, 0.15) is 11.5 Å². The summed E-state index contributed by atoms with van der Waals surface area (Å²) >= 11 is 3.57. The van der Waals surface area contributed by atoms with Crippen LogP contribution < -0.4 is 10.5 Å². The number of hydrogen-bond acceptors (Lipinski definition) is 2. The summed E-state index contributed by atoms with van der Waals surface area (Å²) in [7, 11) is 0. The molecule has 0 fully saturated rings. The van der Waals surface area contributed by atoms with Gasteiger partial charge in [-0.15, -0.1) is 0 Å². The van der Waals surface area contributed by atoms with E-state index in [-0.39, 0.29) is 6.04 Å². The summed E-state index contributed by atoms with van der Waals surface area (Å²) in [5, 5.41) is 0. The van der Waals surface area contributed by atoms with Crippen molar-refractivity contribution < 1.29 is 4.74 Å². The van der Waals surface area contributed by atoms with Crippen LogP contribution in [0.1, 0.15) is 36.1 Å². The highest BCUT2D eigenvalue weighted by molar-refractivity contribution is 9.10. The fourth-order valence-electron chi connectivity index (χ4n) is 2.15. The van der Waals surface area contributed by atoms with Crippen LogP contribution in [0.5, 0.6) is 11.5 Å². The third-order valence-electron chi connectivity index (χ3n) is 3.37. The molecule has 2 aromatic carbocycles. The minimum Gasteiger partial charge on any atom is -0.457 e. The van der Waals surface area contributed by atoms with Crippen LogP contribution in [-0.2, 0) is 0 Å². The van der Waals surface area contributed by atoms with Crippen LogP contribution in [0.3, 0.4) is 0 Å². The predicted molar refractivity (Wildman–Crippen MR) is 87.4 cm³/mol. The van der Waals surface area contributed by atoms with Crippen LogP contribution in [0.15, 0.2) is 40.9 Å². The first-order valence-corrected chi connectivity index (χ1v) is 7.60. The highest BCUT2D eigenvalue weighted by atomic mass is 79.9. The fourth-order valence-corrected chi connectivity index (χ4v) is 2.37. The van der Waals surface area contributed by atoms with Gasteiger partial charge in [-0.05, 0) is 61.2 Å². The first kappa shape index (κ1) is 15.1. The Bertz CT molecular complexity index is 587. The van der Waals surface area contributed by atoms with Crippen LogP contribution in [0, 0.1) is 13.8 Å². The lowest BCUT2D eigenvalue weighted by Crippen LogP contribution is -2.08. The monoisotopic (exact) mass is 333 g/mol. The highest BCUT2D eigenvalue weighted by Gasteiger charge is 2.07. The molecule has 0 heterocycles. The Morgan fingerprint density at radius 1 is 1.10 bits per heavy atom. The average molecular weight is 334 g/mol. The molecule has 2 N–H and O–H groups in total. The normalized spacial score (nSPS) is 12.2. The van der Waals surface area contributed by atoms with Gasteiger partial charge in [0.25, 0.3) is 0 Å². The molecule has 0 saturated carbocycles. The molecule has 2 rings (SSSR count). The molecule has 2 nitrogen and oxygen atoms in total. The highest BCUT2D eigenvalue weighted by Crippen LogP contribution is 2.30. The molecule has 0 aliphatic rings. The molecule has 3 heteroatoms. The lowest BCUT2D eigenvalue weighted by molar-refractivity contribution is 0.480. The summed E-state index contributed by atoms with van der Waals surface area (Å²) < 4.78 is 7.09. The molecule has 20 heavy (non-hydrogen) atoms. The zero-order chi connectivity index (χ0) is 14.7. The first-order chi connectivity index (χ1) is 9.51. The Hall–Kier alpha value is -1.32. The van der Waals surface area contributed by atoms with Gasteiger partial charge < -0.3 is 10.5 Å². The van der Waals surface area contributed by atoms with Crippen LogP contribution in [0.4, 0.5) is 0 Å². The molecule has 1 atom stereocenters. The SMILES string of the molecule is CCC(N)c1cccc(Oc2cc(C)c(Br)c(C)c2)c1. The second-order valence-corrected chi connectivity index (χ2v) is 5.85. The zero-order valence-corrected chi connectivity index (χ0v) is 13.7. The van der Waals surface area contributed by atoms with E-state index in [9.17, 15) is 0 Å². The fraction of sp³-hybridized carbons (Fsp3) is 0.294. The van der Waals surface area contributed by atoms with E-state index in [0.717, 1.165) is 28.0 Å². The molecule has 0 aliphatic heterocycles. The van der Waals surface area contributed by atoms with E-state index in [4.69, 9.17) is 10.5 Å². The van der Waals surface area contributed by atoms with Crippen LogP contribution in [0.2, 0.25) is 0 Å². The van der Waals surface area contributed by atoms with Crippen LogP contribution >= 0.6 is 15.9 Å². The maximum atomic E-state index is 6.06. The number of benzene rings is 2. The molecule has 1 unspecified atom stereocenters. The summed E-state index contributed by atoms with van der Waals surface area (Å²) in [6.07, 6.45) is 0.917. The smallest absolute Gasteiger partial charge is 0.128 e. The molecular weight excluding hydrogens is 314 g/mol. The molecular formula is C17H20BrNO. The largest absolute Gasteiger partial charge is 0.457 e. The van der Waals surface area contributed by atoms with Crippen molar-refractivity contribution in [3.63, 3.8) is 0 Å². The molecule has 0 radical (unpaired) electrons. The van der Waals surface area contributed by atoms with E-state index in [1.165, 1.54) is 11.1 Å². The first-order valence-electron chi connectivity index (χ1n) is 6.81. The molecule has 0 aliphatic carbocycles. The minimum absolute atomic E-state index is 0.0620.